The van der Waals surface area contributed by atoms with Crippen LogP contribution < -0.4 is 4.72 Å². The van der Waals surface area contributed by atoms with Gasteiger partial charge in [-0.2, -0.15) is 0 Å². The van der Waals surface area contributed by atoms with Gasteiger partial charge in [0, 0.05) is 15.5 Å². The van der Waals surface area contributed by atoms with Gasteiger partial charge in [0.25, 0.3) is 0 Å². The number of rotatable bonds is 7. The number of nitrogens with one attached hydrogen (secondary N) is 1. The summed E-state index contributed by atoms with van der Waals surface area (Å²) in [6, 6.07) is 4.94. The molecule has 1 unspecified atom stereocenters. The van der Waals surface area contributed by atoms with Gasteiger partial charge in [-0.3, -0.25) is 0 Å². The van der Waals surface area contributed by atoms with Crippen LogP contribution in [0.25, 0.3) is 0 Å². The molecule has 0 bridgehead atoms. The Kier molecular flexibility index (Phi) is 7.14. The lowest BCUT2D eigenvalue weighted by Crippen LogP contribution is -2.36. The van der Waals surface area contributed by atoms with Crippen molar-refractivity contribution >= 4 is 41.9 Å². The molecule has 0 amide bonds. The number of hydrogen-bond donors (Lipinski definition) is 2. The molecular weight excluding hydrogens is 410 g/mol. The molecule has 1 aromatic carbocycles. The van der Waals surface area contributed by atoms with Gasteiger partial charge in [-0.05, 0) is 40.0 Å². The van der Waals surface area contributed by atoms with Gasteiger partial charge in [-0.15, -0.1) is 0 Å². The smallest absolute Gasteiger partial charge is 0.241 e. The van der Waals surface area contributed by atoms with Crippen molar-refractivity contribution in [3.05, 3.63) is 27.1 Å². The summed E-state index contributed by atoms with van der Waals surface area (Å²) < 4.78 is 28.1. The highest BCUT2D eigenvalue weighted by molar-refractivity contribution is 9.11. The minimum Gasteiger partial charge on any atom is -0.391 e. The van der Waals surface area contributed by atoms with E-state index in [9.17, 15) is 13.5 Å². The predicted octanol–water partition coefficient (Wildman–Crippen LogP) is 3.29. The summed E-state index contributed by atoms with van der Waals surface area (Å²) in [6.07, 6.45) is 0.964. The highest BCUT2D eigenvalue weighted by Gasteiger charge is 2.22. The summed E-state index contributed by atoms with van der Waals surface area (Å²) in [7, 11) is -3.65. The minimum atomic E-state index is -3.65. The summed E-state index contributed by atoms with van der Waals surface area (Å²) in [5, 5.41) is 10.00. The van der Waals surface area contributed by atoms with E-state index < -0.39 is 16.1 Å². The van der Waals surface area contributed by atoms with Gasteiger partial charge in [0.15, 0.2) is 0 Å². The fourth-order valence-electron chi connectivity index (χ4n) is 1.96. The van der Waals surface area contributed by atoms with Gasteiger partial charge in [0.1, 0.15) is 0 Å². The standard InChI is InChI=1S/C13H19Br2NO3S/c1-3-9(4-2)12(17)8-16-20(18,19)13-7-10(14)5-6-11(13)15/h5-7,9,12,16-17H,3-4,8H2,1-2H3. The molecule has 0 radical (unpaired) electrons. The molecule has 0 aliphatic rings. The second kappa shape index (κ2) is 7.89. The first-order valence-electron chi connectivity index (χ1n) is 6.44. The van der Waals surface area contributed by atoms with Crippen LogP contribution in [0, 0.1) is 5.92 Å². The zero-order valence-corrected chi connectivity index (χ0v) is 15.4. The van der Waals surface area contributed by atoms with E-state index >= 15 is 0 Å². The molecular formula is C13H19Br2NO3S. The van der Waals surface area contributed by atoms with Crippen molar-refractivity contribution in [2.75, 3.05) is 6.54 Å². The van der Waals surface area contributed by atoms with Gasteiger partial charge in [-0.25, -0.2) is 13.1 Å². The molecule has 1 aromatic rings. The molecule has 20 heavy (non-hydrogen) atoms. The third-order valence-electron chi connectivity index (χ3n) is 3.26. The van der Waals surface area contributed by atoms with Crippen molar-refractivity contribution in [1.29, 1.82) is 0 Å². The maximum Gasteiger partial charge on any atom is 0.241 e. The summed E-state index contributed by atoms with van der Waals surface area (Å²) >= 11 is 6.48. The maximum absolute atomic E-state index is 12.2. The van der Waals surface area contributed by atoms with Crippen LogP contribution in [0.3, 0.4) is 0 Å². The fraction of sp³-hybridized carbons (Fsp3) is 0.538. The summed E-state index contributed by atoms with van der Waals surface area (Å²) in [6.45, 7) is 3.99. The molecule has 0 aliphatic heterocycles. The quantitative estimate of drug-likeness (QED) is 0.700. The lowest BCUT2D eigenvalue weighted by Gasteiger charge is -2.20. The lowest BCUT2D eigenvalue weighted by atomic mass is 9.97. The van der Waals surface area contributed by atoms with Crippen LogP contribution in [0.4, 0.5) is 0 Å². The molecule has 1 atom stereocenters. The van der Waals surface area contributed by atoms with Crippen molar-refractivity contribution < 1.29 is 13.5 Å². The Bertz CT molecular complexity index is 545. The third kappa shape index (κ3) is 4.80. The molecule has 0 aliphatic carbocycles. The van der Waals surface area contributed by atoms with Gasteiger partial charge in [0.2, 0.25) is 10.0 Å². The maximum atomic E-state index is 12.2. The van der Waals surface area contributed by atoms with Crippen LogP contribution in [-0.4, -0.2) is 26.2 Å². The van der Waals surface area contributed by atoms with E-state index in [-0.39, 0.29) is 17.4 Å². The molecule has 0 aromatic heterocycles. The zero-order chi connectivity index (χ0) is 15.3. The number of aliphatic hydroxyl groups excluding tert-OH is 1. The first-order chi connectivity index (χ1) is 9.31. The van der Waals surface area contributed by atoms with Crippen molar-refractivity contribution in [2.24, 2.45) is 5.92 Å². The van der Waals surface area contributed by atoms with Crippen LogP contribution in [0.2, 0.25) is 0 Å². The second-order valence-corrected chi connectivity index (χ2v) is 8.08. The minimum absolute atomic E-state index is 0.0215. The molecule has 4 nitrogen and oxygen atoms in total. The number of benzene rings is 1. The highest BCUT2D eigenvalue weighted by atomic mass is 79.9. The van der Waals surface area contributed by atoms with E-state index in [0.29, 0.717) is 8.95 Å². The fourth-order valence-corrected chi connectivity index (χ4v) is 4.51. The van der Waals surface area contributed by atoms with Crippen LogP contribution in [-0.2, 0) is 10.0 Å². The predicted molar refractivity (Wildman–Crippen MR) is 87.1 cm³/mol. The number of aliphatic hydroxyl groups is 1. The highest BCUT2D eigenvalue weighted by Crippen LogP contribution is 2.25. The molecule has 1 rings (SSSR count). The molecule has 2 N–H and O–H groups in total. The topological polar surface area (TPSA) is 66.4 Å². The molecule has 0 spiro atoms. The SMILES string of the molecule is CCC(CC)C(O)CNS(=O)(=O)c1cc(Br)ccc1Br. The van der Waals surface area contributed by atoms with Gasteiger partial charge >= 0.3 is 0 Å². The van der Waals surface area contributed by atoms with E-state index in [1.807, 2.05) is 13.8 Å². The van der Waals surface area contributed by atoms with Crippen molar-refractivity contribution in [3.8, 4) is 0 Å². The molecule has 7 heteroatoms. The zero-order valence-electron chi connectivity index (χ0n) is 11.4. The molecule has 0 saturated heterocycles. The average Bonchev–Trinajstić information content (AvgIpc) is 2.40. The monoisotopic (exact) mass is 427 g/mol. The van der Waals surface area contributed by atoms with Crippen LogP contribution in [0.1, 0.15) is 26.7 Å². The number of hydrogen-bond acceptors (Lipinski definition) is 3. The Labute approximate surface area is 137 Å². The molecule has 0 saturated carbocycles. The third-order valence-corrected chi connectivity index (χ3v) is 6.17. The summed E-state index contributed by atoms with van der Waals surface area (Å²) in [5.41, 5.74) is 0. The average molecular weight is 429 g/mol. The van der Waals surface area contributed by atoms with Crippen LogP contribution in [0.5, 0.6) is 0 Å². The molecule has 0 heterocycles. The van der Waals surface area contributed by atoms with Crippen LogP contribution in [0.15, 0.2) is 32.0 Å². The van der Waals surface area contributed by atoms with E-state index in [2.05, 4.69) is 36.6 Å². The number of halogens is 2. The Hall–Kier alpha value is 0.0500. The van der Waals surface area contributed by atoms with E-state index in [4.69, 9.17) is 0 Å². The first-order valence-corrected chi connectivity index (χ1v) is 9.51. The first kappa shape index (κ1) is 18.1. The normalized spacial score (nSPS) is 13.7. The second-order valence-electron chi connectivity index (χ2n) is 4.57. The summed E-state index contributed by atoms with van der Waals surface area (Å²) in [5.74, 6) is 0.101. The van der Waals surface area contributed by atoms with Crippen LogP contribution >= 0.6 is 31.9 Å². The molecule has 114 valence electrons. The van der Waals surface area contributed by atoms with Crippen molar-refractivity contribution in [1.82, 2.24) is 4.72 Å². The van der Waals surface area contributed by atoms with Gasteiger partial charge < -0.3 is 5.11 Å². The van der Waals surface area contributed by atoms with E-state index in [0.717, 1.165) is 12.8 Å². The Morgan fingerprint density at radius 2 is 1.85 bits per heavy atom. The summed E-state index contributed by atoms with van der Waals surface area (Å²) in [4.78, 5) is 0.156. The van der Waals surface area contributed by atoms with Crippen molar-refractivity contribution in [3.63, 3.8) is 0 Å². The molecule has 0 fully saturated rings. The van der Waals surface area contributed by atoms with E-state index in [1.54, 1.807) is 12.1 Å². The Balaban J connectivity index is 2.83. The van der Waals surface area contributed by atoms with E-state index in [1.165, 1.54) is 6.07 Å². The van der Waals surface area contributed by atoms with Crippen molar-refractivity contribution in [2.45, 2.75) is 37.7 Å². The Morgan fingerprint density at radius 1 is 1.25 bits per heavy atom. The lowest BCUT2D eigenvalue weighted by molar-refractivity contribution is 0.107. The largest absolute Gasteiger partial charge is 0.391 e. The van der Waals surface area contributed by atoms with Gasteiger partial charge in [0.05, 0.1) is 11.0 Å². The van der Waals surface area contributed by atoms with Gasteiger partial charge in [-0.1, -0.05) is 42.6 Å². The Morgan fingerprint density at radius 3 is 2.40 bits per heavy atom. The number of sulfonamides is 1.